The first-order chi connectivity index (χ1) is 7.31. The fourth-order valence-corrected chi connectivity index (χ4v) is 0.913. The van der Waals surface area contributed by atoms with Crippen molar-refractivity contribution < 1.29 is 67.0 Å². The van der Waals surface area contributed by atoms with Crippen molar-refractivity contribution in [2.75, 3.05) is 13.2 Å². The number of hydrogen-bond acceptors (Lipinski definition) is 6. The Morgan fingerprint density at radius 3 is 1.95 bits per heavy atom. The van der Waals surface area contributed by atoms with Crippen LogP contribution in [0.25, 0.3) is 0 Å². The monoisotopic (exact) mass is 514 g/mol. The maximum Gasteiger partial charge on any atom is 2.00 e. The normalized spacial score (nSPS) is 11.7. The van der Waals surface area contributed by atoms with Crippen molar-refractivity contribution in [2.45, 2.75) is 18.4 Å². The molecule has 1 atom stereocenters. The molecule has 0 saturated heterocycles. The van der Waals surface area contributed by atoms with E-state index in [1.165, 1.54) is 0 Å². The molecule has 0 saturated carbocycles. The topological polar surface area (TPSA) is 141 Å². The van der Waals surface area contributed by atoms with E-state index in [0.29, 0.717) is 0 Å². The van der Waals surface area contributed by atoms with Crippen molar-refractivity contribution in [3.8, 4) is 0 Å². The molecule has 0 bridgehead atoms. The van der Waals surface area contributed by atoms with Gasteiger partial charge in [-0.15, -0.1) is 0 Å². The second-order valence-corrected chi connectivity index (χ2v) is 3.03. The maximum absolute atomic E-state index is 11.0. The number of carbonyl (C=O) groups is 3. The molecule has 0 spiro atoms. The second kappa shape index (κ2) is 15.0. The first-order valence-corrected chi connectivity index (χ1v) is 4.26. The SMILES string of the molecule is O=C(O)CC(O)(CC(=O)OCCO)C(=O)O.[Ba+2].[H-].[H-].[H-].[H-].[Sr+2].[Ti]. The van der Waals surface area contributed by atoms with Crippen LogP contribution in [0.3, 0.4) is 0 Å². The first kappa shape index (κ1) is 29.1. The number of carbonyl (C=O) groups excluding carboxylic acids is 1. The second-order valence-electron chi connectivity index (χ2n) is 3.03. The summed E-state index contributed by atoms with van der Waals surface area (Å²) in [4.78, 5) is 31.8. The number of esters is 1. The fraction of sp³-hybridized carbons (Fsp3) is 0.625. The number of rotatable bonds is 7. The summed E-state index contributed by atoms with van der Waals surface area (Å²) in [7, 11) is 0. The molecule has 0 aliphatic rings. The third-order valence-electron chi connectivity index (χ3n) is 1.63. The molecular formula is C8H16BaO8SrTi. The largest absolute Gasteiger partial charge is 2.00 e. The van der Waals surface area contributed by atoms with Crippen molar-refractivity contribution in [1.82, 2.24) is 0 Å². The Morgan fingerprint density at radius 1 is 1.16 bits per heavy atom. The van der Waals surface area contributed by atoms with Crippen molar-refractivity contribution in [1.29, 1.82) is 0 Å². The zero-order chi connectivity index (χ0) is 12.8. The quantitative estimate of drug-likeness (QED) is 0.224. The smallest absolute Gasteiger partial charge is 1.00 e. The molecule has 0 aromatic rings. The van der Waals surface area contributed by atoms with E-state index < -0.39 is 43.0 Å². The van der Waals surface area contributed by atoms with Crippen LogP contribution in [0.4, 0.5) is 0 Å². The predicted octanol–water partition coefficient (Wildman–Crippen LogP) is -2.11. The number of carboxylic acid groups (broad SMARTS) is 2. The van der Waals surface area contributed by atoms with Crippen LogP contribution in [0, 0.1) is 0 Å². The summed E-state index contributed by atoms with van der Waals surface area (Å²) in [5.41, 5.74) is -2.70. The van der Waals surface area contributed by atoms with Crippen LogP contribution in [0.15, 0.2) is 0 Å². The van der Waals surface area contributed by atoms with Gasteiger partial charge in [0, 0.05) is 21.7 Å². The molecule has 0 aliphatic heterocycles. The molecule has 0 aromatic carbocycles. The van der Waals surface area contributed by atoms with E-state index in [-0.39, 0.29) is 128 Å². The molecule has 0 heterocycles. The summed E-state index contributed by atoms with van der Waals surface area (Å²) in [6.07, 6.45) is -2.11. The van der Waals surface area contributed by atoms with Crippen molar-refractivity contribution in [2.24, 2.45) is 0 Å². The summed E-state index contributed by atoms with van der Waals surface area (Å²) >= 11 is 0. The van der Waals surface area contributed by atoms with Gasteiger partial charge in [0.1, 0.15) is 6.61 Å². The van der Waals surface area contributed by atoms with Gasteiger partial charge in [-0.25, -0.2) is 4.79 Å². The van der Waals surface area contributed by atoms with Gasteiger partial charge in [0.05, 0.1) is 19.4 Å². The Morgan fingerprint density at radius 2 is 1.63 bits per heavy atom. The molecule has 0 aromatic heterocycles. The average Bonchev–Trinajstić information content (AvgIpc) is 2.12. The van der Waals surface area contributed by atoms with Crippen LogP contribution < -0.4 is 0 Å². The minimum Gasteiger partial charge on any atom is -1.00 e. The van der Waals surface area contributed by atoms with E-state index in [0.717, 1.165) is 0 Å². The van der Waals surface area contributed by atoms with E-state index in [2.05, 4.69) is 4.74 Å². The number of aliphatic hydroxyl groups excluding tert-OH is 1. The molecule has 11 heteroatoms. The third-order valence-corrected chi connectivity index (χ3v) is 1.63. The molecule has 19 heavy (non-hydrogen) atoms. The Balaban J connectivity index is -0.0000000536. The van der Waals surface area contributed by atoms with Gasteiger partial charge in [-0.1, -0.05) is 0 Å². The Kier molecular flexibility index (Phi) is 23.0. The fourth-order valence-electron chi connectivity index (χ4n) is 0.913. The van der Waals surface area contributed by atoms with Gasteiger partial charge in [-0.2, -0.15) is 0 Å². The van der Waals surface area contributed by atoms with Crippen LogP contribution >= 0.6 is 0 Å². The van der Waals surface area contributed by atoms with Crippen LogP contribution in [0.1, 0.15) is 18.5 Å². The molecule has 8 nitrogen and oxygen atoms in total. The van der Waals surface area contributed by atoms with Gasteiger partial charge in [0.2, 0.25) is 0 Å². The molecule has 0 amide bonds. The molecule has 0 aliphatic carbocycles. The summed E-state index contributed by atoms with van der Waals surface area (Å²) in [5.74, 6) is -4.48. The molecule has 0 fully saturated rings. The molecule has 1 unspecified atom stereocenters. The van der Waals surface area contributed by atoms with Crippen LogP contribution in [0.5, 0.6) is 0 Å². The summed E-state index contributed by atoms with van der Waals surface area (Å²) in [6, 6.07) is 0. The number of aliphatic carboxylic acids is 2. The van der Waals surface area contributed by atoms with Crippen molar-refractivity contribution >= 4 is 112 Å². The zero-order valence-corrected chi connectivity index (χ0v) is 19.6. The van der Waals surface area contributed by atoms with E-state index in [4.69, 9.17) is 15.3 Å². The molecule has 104 valence electrons. The standard InChI is InChI=1S/C8H12O8.Ba.Sr.Ti.4H/c9-1-2-16-6(12)4-8(15,7(13)14)3-5(10)11;;;;;;;/h9,15H,1-4H2,(H,10,11)(H,13,14);;;;;;;/q;2*+2;;4*-1. The first-order valence-electron chi connectivity index (χ1n) is 4.26. The van der Waals surface area contributed by atoms with Crippen molar-refractivity contribution in [3.05, 3.63) is 0 Å². The number of aliphatic hydroxyl groups is 2. The Labute approximate surface area is 207 Å². The summed E-state index contributed by atoms with van der Waals surface area (Å²) < 4.78 is 4.31. The molecule has 4 N–H and O–H groups in total. The Bertz CT molecular complexity index is 318. The van der Waals surface area contributed by atoms with E-state index in [1.807, 2.05) is 0 Å². The van der Waals surface area contributed by atoms with Gasteiger partial charge in [0.25, 0.3) is 0 Å². The average molecular weight is 513 g/mol. The summed E-state index contributed by atoms with van der Waals surface area (Å²) in [6.45, 7) is -0.794. The van der Waals surface area contributed by atoms with E-state index in [9.17, 15) is 19.5 Å². The zero-order valence-electron chi connectivity index (χ0n) is 14.2. The van der Waals surface area contributed by atoms with Crippen LogP contribution in [0.2, 0.25) is 0 Å². The number of hydrogen-bond donors (Lipinski definition) is 4. The number of carboxylic acids is 2. The van der Waals surface area contributed by atoms with Crippen LogP contribution in [-0.2, 0) is 40.8 Å². The van der Waals surface area contributed by atoms with Crippen LogP contribution in [-0.4, -0.2) is 152 Å². The number of ether oxygens (including phenoxy) is 1. The Hall–Kier alpha value is 2.10. The molecule has 0 rings (SSSR count). The predicted molar refractivity (Wildman–Crippen MR) is 63.5 cm³/mol. The minimum absolute atomic E-state index is 0. The molecule has 0 radical (unpaired) electrons. The van der Waals surface area contributed by atoms with Gasteiger partial charge in [-0.3, -0.25) is 9.59 Å². The van der Waals surface area contributed by atoms with E-state index >= 15 is 0 Å². The maximum atomic E-state index is 11.0. The molecular weight excluding hydrogens is 497 g/mol. The van der Waals surface area contributed by atoms with E-state index in [1.54, 1.807) is 0 Å². The van der Waals surface area contributed by atoms with Gasteiger partial charge >= 0.3 is 112 Å². The van der Waals surface area contributed by atoms with Gasteiger partial charge in [0.15, 0.2) is 5.60 Å². The van der Waals surface area contributed by atoms with Crippen molar-refractivity contribution in [3.63, 3.8) is 0 Å². The van der Waals surface area contributed by atoms with Gasteiger partial charge < -0.3 is 30.9 Å². The minimum atomic E-state index is -2.70. The van der Waals surface area contributed by atoms with Gasteiger partial charge in [-0.05, 0) is 0 Å². The third kappa shape index (κ3) is 13.5. The summed E-state index contributed by atoms with van der Waals surface area (Å²) in [5, 5.41) is 34.7.